The molecule has 0 aromatic heterocycles. The summed E-state index contributed by atoms with van der Waals surface area (Å²) in [5, 5.41) is 3.58. The number of hydrogen-bond donors (Lipinski definition) is 1. The highest BCUT2D eigenvalue weighted by atomic mass is 35.5. The van der Waals surface area contributed by atoms with Gasteiger partial charge in [0.1, 0.15) is 0 Å². The first-order chi connectivity index (χ1) is 11.5. The highest BCUT2D eigenvalue weighted by Crippen LogP contribution is 2.34. The highest BCUT2D eigenvalue weighted by Gasteiger charge is 2.17. The zero-order valence-electron chi connectivity index (χ0n) is 13.6. The van der Waals surface area contributed by atoms with Crippen molar-refractivity contribution >= 4 is 23.2 Å². The third-order valence-corrected chi connectivity index (χ3v) is 4.31. The van der Waals surface area contributed by atoms with Crippen molar-refractivity contribution in [2.75, 3.05) is 25.7 Å². The number of carbonyl (C=O) groups excluding carboxylic acids is 1. The number of hydrogen-bond acceptors (Lipinski definition) is 4. The lowest BCUT2D eigenvalue weighted by Crippen LogP contribution is -2.32. The first kappa shape index (κ1) is 16.6. The zero-order chi connectivity index (χ0) is 17.1. The van der Waals surface area contributed by atoms with Crippen molar-refractivity contribution in [2.45, 2.75) is 13.0 Å². The molecule has 6 heteroatoms. The lowest BCUT2D eigenvalue weighted by molar-refractivity contribution is -0.117. The topological polar surface area (TPSA) is 50.8 Å². The first-order valence-electron chi connectivity index (χ1n) is 7.68. The maximum Gasteiger partial charge on any atom is 0.238 e. The Hall–Kier alpha value is -2.24. The molecule has 0 saturated carbocycles. The predicted octanol–water partition coefficient (Wildman–Crippen LogP) is 3.70. The Morgan fingerprint density at radius 2 is 1.92 bits per heavy atom. The average Bonchev–Trinajstić information content (AvgIpc) is 3.02. The Morgan fingerprint density at radius 1 is 1.21 bits per heavy atom. The minimum Gasteiger partial charge on any atom is -0.454 e. The molecular weight excluding hydrogens is 328 g/mol. The van der Waals surface area contributed by atoms with Gasteiger partial charge in [-0.1, -0.05) is 23.7 Å². The average molecular weight is 347 g/mol. The van der Waals surface area contributed by atoms with Crippen molar-refractivity contribution < 1.29 is 14.3 Å². The second kappa shape index (κ2) is 7.11. The van der Waals surface area contributed by atoms with Crippen LogP contribution in [0.15, 0.2) is 42.5 Å². The van der Waals surface area contributed by atoms with E-state index in [2.05, 4.69) is 12.2 Å². The quantitative estimate of drug-likeness (QED) is 0.896. The molecule has 5 nitrogen and oxygen atoms in total. The van der Waals surface area contributed by atoms with Crippen LogP contribution in [0.3, 0.4) is 0 Å². The molecule has 0 bridgehead atoms. The summed E-state index contributed by atoms with van der Waals surface area (Å²) in [6, 6.07) is 13.1. The Morgan fingerprint density at radius 3 is 2.67 bits per heavy atom. The number of nitrogens with one attached hydrogen (secondary N) is 1. The van der Waals surface area contributed by atoms with Gasteiger partial charge < -0.3 is 14.8 Å². The fraction of sp³-hybridized carbons (Fsp3) is 0.278. The highest BCUT2D eigenvalue weighted by molar-refractivity contribution is 6.30. The third kappa shape index (κ3) is 3.80. The number of fused-ring (bicyclic) bond motifs is 1. The van der Waals surface area contributed by atoms with E-state index in [1.807, 2.05) is 36.2 Å². The molecular formula is C18H19ClN2O3. The molecule has 1 atom stereocenters. The SMILES string of the molecule is CC(c1ccc(Cl)cc1)N(C)CC(=O)Nc1ccc2c(c1)OCO2. The molecule has 1 N–H and O–H groups in total. The molecule has 2 aromatic carbocycles. The molecule has 24 heavy (non-hydrogen) atoms. The van der Waals surface area contributed by atoms with Gasteiger partial charge in [0.05, 0.1) is 6.54 Å². The van der Waals surface area contributed by atoms with Gasteiger partial charge in [-0.2, -0.15) is 0 Å². The van der Waals surface area contributed by atoms with Crippen LogP contribution in [0.5, 0.6) is 11.5 Å². The number of benzene rings is 2. The van der Waals surface area contributed by atoms with Crippen molar-refractivity contribution in [3.63, 3.8) is 0 Å². The Balaban J connectivity index is 1.58. The molecule has 0 fully saturated rings. The normalized spacial score (nSPS) is 13.8. The number of likely N-dealkylation sites (N-methyl/N-ethyl adjacent to an activating group) is 1. The molecule has 1 aliphatic heterocycles. The van der Waals surface area contributed by atoms with E-state index in [1.54, 1.807) is 18.2 Å². The van der Waals surface area contributed by atoms with Gasteiger partial charge in [-0.25, -0.2) is 0 Å². The summed E-state index contributed by atoms with van der Waals surface area (Å²) in [7, 11) is 1.92. The van der Waals surface area contributed by atoms with E-state index in [4.69, 9.17) is 21.1 Å². The van der Waals surface area contributed by atoms with Crippen LogP contribution in [0.25, 0.3) is 0 Å². The van der Waals surface area contributed by atoms with Crippen molar-refractivity contribution in [3.8, 4) is 11.5 Å². The maximum atomic E-state index is 12.3. The maximum absolute atomic E-state index is 12.3. The van der Waals surface area contributed by atoms with Crippen LogP contribution in [0.4, 0.5) is 5.69 Å². The lowest BCUT2D eigenvalue weighted by atomic mass is 10.1. The fourth-order valence-electron chi connectivity index (χ4n) is 2.53. The number of halogens is 1. The van der Waals surface area contributed by atoms with Crippen molar-refractivity contribution in [3.05, 3.63) is 53.1 Å². The van der Waals surface area contributed by atoms with Gasteiger partial charge in [-0.05, 0) is 43.8 Å². The number of ether oxygens (including phenoxy) is 2. The zero-order valence-corrected chi connectivity index (χ0v) is 14.3. The first-order valence-corrected chi connectivity index (χ1v) is 8.06. The minimum absolute atomic E-state index is 0.0859. The molecule has 0 spiro atoms. The van der Waals surface area contributed by atoms with Gasteiger partial charge in [0.2, 0.25) is 12.7 Å². The van der Waals surface area contributed by atoms with E-state index < -0.39 is 0 Å². The van der Waals surface area contributed by atoms with E-state index in [0.717, 1.165) is 5.56 Å². The van der Waals surface area contributed by atoms with E-state index >= 15 is 0 Å². The van der Waals surface area contributed by atoms with Crippen LogP contribution in [0.1, 0.15) is 18.5 Å². The second-order valence-electron chi connectivity index (χ2n) is 5.76. The van der Waals surface area contributed by atoms with Crippen LogP contribution >= 0.6 is 11.6 Å². The largest absolute Gasteiger partial charge is 0.454 e. The van der Waals surface area contributed by atoms with Gasteiger partial charge >= 0.3 is 0 Å². The molecule has 1 amide bonds. The number of anilines is 1. The second-order valence-corrected chi connectivity index (χ2v) is 6.20. The summed E-state index contributed by atoms with van der Waals surface area (Å²) in [6.45, 7) is 2.55. The Labute approximate surface area is 146 Å². The van der Waals surface area contributed by atoms with Gasteiger partial charge in [-0.3, -0.25) is 9.69 Å². The summed E-state index contributed by atoms with van der Waals surface area (Å²) >= 11 is 5.91. The number of nitrogens with zero attached hydrogens (tertiary/aromatic N) is 1. The van der Waals surface area contributed by atoms with Crippen LogP contribution in [-0.4, -0.2) is 31.2 Å². The number of amides is 1. The van der Waals surface area contributed by atoms with Crippen LogP contribution in [0.2, 0.25) is 5.02 Å². The monoisotopic (exact) mass is 346 g/mol. The summed E-state index contributed by atoms with van der Waals surface area (Å²) in [6.07, 6.45) is 0. The Bertz CT molecular complexity index is 734. The molecule has 2 aromatic rings. The van der Waals surface area contributed by atoms with E-state index in [1.165, 1.54) is 0 Å². The van der Waals surface area contributed by atoms with E-state index in [0.29, 0.717) is 22.2 Å². The van der Waals surface area contributed by atoms with E-state index in [-0.39, 0.29) is 25.3 Å². The summed E-state index contributed by atoms with van der Waals surface area (Å²) in [5.74, 6) is 1.26. The van der Waals surface area contributed by atoms with E-state index in [9.17, 15) is 4.79 Å². The van der Waals surface area contributed by atoms with Crippen molar-refractivity contribution in [1.82, 2.24) is 4.90 Å². The number of carbonyl (C=O) groups is 1. The standard InChI is InChI=1S/C18H19ClN2O3/c1-12(13-3-5-14(19)6-4-13)21(2)10-18(22)20-15-7-8-16-17(9-15)24-11-23-16/h3-9,12H,10-11H2,1-2H3,(H,20,22). The van der Waals surface area contributed by atoms with Gasteiger partial charge in [0.15, 0.2) is 11.5 Å². The summed E-state index contributed by atoms with van der Waals surface area (Å²) < 4.78 is 10.6. The van der Waals surface area contributed by atoms with Gasteiger partial charge in [0.25, 0.3) is 0 Å². The van der Waals surface area contributed by atoms with Crippen LogP contribution < -0.4 is 14.8 Å². The van der Waals surface area contributed by atoms with Crippen LogP contribution in [-0.2, 0) is 4.79 Å². The van der Waals surface area contributed by atoms with Crippen molar-refractivity contribution in [1.29, 1.82) is 0 Å². The molecule has 0 saturated heterocycles. The molecule has 1 heterocycles. The minimum atomic E-state index is -0.0859. The summed E-state index contributed by atoms with van der Waals surface area (Å²) in [5.41, 5.74) is 1.80. The number of rotatable bonds is 5. The Kier molecular flexibility index (Phi) is 4.92. The van der Waals surface area contributed by atoms with Crippen molar-refractivity contribution in [2.24, 2.45) is 0 Å². The summed E-state index contributed by atoms with van der Waals surface area (Å²) in [4.78, 5) is 14.2. The fourth-order valence-corrected chi connectivity index (χ4v) is 2.66. The smallest absolute Gasteiger partial charge is 0.238 e. The molecule has 3 rings (SSSR count). The molecule has 1 unspecified atom stereocenters. The molecule has 0 aliphatic carbocycles. The third-order valence-electron chi connectivity index (χ3n) is 4.06. The molecule has 1 aliphatic rings. The lowest BCUT2D eigenvalue weighted by Gasteiger charge is -2.24. The van der Waals surface area contributed by atoms with Crippen LogP contribution in [0, 0.1) is 0 Å². The molecule has 126 valence electrons. The van der Waals surface area contributed by atoms with Gasteiger partial charge in [0, 0.05) is 22.8 Å². The van der Waals surface area contributed by atoms with Gasteiger partial charge in [-0.15, -0.1) is 0 Å². The predicted molar refractivity (Wildman–Crippen MR) is 93.7 cm³/mol. The molecule has 0 radical (unpaired) electrons.